The Balaban J connectivity index is 0.000000770. The highest BCUT2D eigenvalue weighted by molar-refractivity contribution is 4.76. The molecule has 0 atom stereocenters. The van der Waals surface area contributed by atoms with Crippen LogP contribution in [-0.2, 0) is 0 Å². The molecule has 104 valence electrons. The van der Waals surface area contributed by atoms with Gasteiger partial charge >= 0.3 is 0 Å². The average Bonchev–Trinajstić information content (AvgIpc) is 2.31. The van der Waals surface area contributed by atoms with Crippen LogP contribution in [0, 0.1) is 0 Å². The number of likely N-dealkylation sites (N-methyl/N-ethyl adjacent to an activating group) is 1. The summed E-state index contributed by atoms with van der Waals surface area (Å²) in [7, 11) is 2.23. The maximum atomic E-state index is 2.70. The summed E-state index contributed by atoms with van der Waals surface area (Å²) < 4.78 is 0. The molecular weight excluding hydrogens is 208 g/mol. The van der Waals surface area contributed by atoms with Crippen LogP contribution in [0.4, 0.5) is 0 Å². The fourth-order valence-electron chi connectivity index (χ4n) is 2.36. The van der Waals surface area contributed by atoms with Crippen molar-refractivity contribution in [2.75, 3.05) is 33.2 Å². The normalized spacial score (nSPS) is 18.0. The maximum Gasteiger partial charge on any atom is 0.0113 e. The SMILES string of the molecule is CCC.CCCC(CCC)N1CCN(C)CC1. The van der Waals surface area contributed by atoms with Gasteiger partial charge in [0.05, 0.1) is 0 Å². The quantitative estimate of drug-likeness (QED) is 0.726. The fourth-order valence-corrected chi connectivity index (χ4v) is 2.36. The highest BCUT2D eigenvalue weighted by atomic mass is 15.3. The highest BCUT2D eigenvalue weighted by Crippen LogP contribution is 2.15. The van der Waals surface area contributed by atoms with E-state index in [0.717, 1.165) is 6.04 Å². The van der Waals surface area contributed by atoms with Crippen molar-refractivity contribution >= 4 is 0 Å². The van der Waals surface area contributed by atoms with E-state index in [1.165, 1.54) is 58.3 Å². The van der Waals surface area contributed by atoms with Crippen LogP contribution in [-0.4, -0.2) is 49.1 Å². The zero-order valence-corrected chi connectivity index (χ0v) is 12.8. The first-order valence-electron chi connectivity index (χ1n) is 7.62. The number of hydrogen-bond acceptors (Lipinski definition) is 2. The van der Waals surface area contributed by atoms with Gasteiger partial charge in [-0.2, -0.15) is 0 Å². The van der Waals surface area contributed by atoms with Crippen LogP contribution in [0.15, 0.2) is 0 Å². The minimum atomic E-state index is 0.860. The lowest BCUT2D eigenvalue weighted by molar-refractivity contribution is 0.101. The van der Waals surface area contributed by atoms with Gasteiger partial charge in [-0.25, -0.2) is 0 Å². The van der Waals surface area contributed by atoms with Gasteiger partial charge in [0.1, 0.15) is 0 Å². The molecule has 0 amide bonds. The van der Waals surface area contributed by atoms with Gasteiger partial charge in [0.25, 0.3) is 0 Å². The molecule has 0 spiro atoms. The second-order valence-corrected chi connectivity index (χ2v) is 5.28. The van der Waals surface area contributed by atoms with Crippen LogP contribution in [0.3, 0.4) is 0 Å². The molecule has 0 aliphatic carbocycles. The molecule has 1 rings (SSSR count). The Morgan fingerprint density at radius 3 is 1.59 bits per heavy atom. The van der Waals surface area contributed by atoms with E-state index in [1.54, 1.807) is 0 Å². The molecule has 1 fully saturated rings. The third-order valence-corrected chi connectivity index (χ3v) is 3.30. The molecule has 0 N–H and O–H groups in total. The number of rotatable bonds is 5. The first kappa shape index (κ1) is 16.9. The van der Waals surface area contributed by atoms with Gasteiger partial charge in [0.15, 0.2) is 0 Å². The topological polar surface area (TPSA) is 6.48 Å². The van der Waals surface area contributed by atoms with Crippen molar-refractivity contribution in [3.63, 3.8) is 0 Å². The largest absolute Gasteiger partial charge is 0.304 e. The van der Waals surface area contributed by atoms with Gasteiger partial charge in [-0.1, -0.05) is 47.0 Å². The Morgan fingerprint density at radius 1 is 0.824 bits per heavy atom. The van der Waals surface area contributed by atoms with Crippen LogP contribution in [0.2, 0.25) is 0 Å². The Kier molecular flexibility index (Phi) is 11.0. The zero-order valence-electron chi connectivity index (χ0n) is 12.8. The Labute approximate surface area is 109 Å². The summed E-state index contributed by atoms with van der Waals surface area (Å²) in [5, 5.41) is 0. The third-order valence-electron chi connectivity index (χ3n) is 3.30. The van der Waals surface area contributed by atoms with Crippen molar-refractivity contribution in [2.24, 2.45) is 0 Å². The predicted octanol–water partition coefficient (Wildman–Crippen LogP) is 3.62. The molecule has 2 nitrogen and oxygen atoms in total. The molecule has 0 aromatic carbocycles. The summed E-state index contributed by atoms with van der Waals surface area (Å²) in [5.74, 6) is 0. The molecule has 17 heavy (non-hydrogen) atoms. The lowest BCUT2D eigenvalue weighted by Crippen LogP contribution is -2.48. The van der Waals surface area contributed by atoms with E-state index in [2.05, 4.69) is 44.5 Å². The third kappa shape index (κ3) is 7.77. The molecule has 1 heterocycles. The average molecular weight is 242 g/mol. The molecule has 2 heteroatoms. The standard InChI is InChI=1S/C12H26N2.C3H8/c1-4-6-12(7-5-2)14-10-8-13(3)9-11-14;1-3-2/h12H,4-11H2,1-3H3;3H2,1-2H3. The fraction of sp³-hybridized carbons (Fsp3) is 1.00. The predicted molar refractivity (Wildman–Crippen MR) is 78.6 cm³/mol. The molecule has 0 aromatic heterocycles. The lowest BCUT2D eigenvalue weighted by Gasteiger charge is -2.38. The molecule has 0 aromatic rings. The Bertz CT molecular complexity index is 145. The first-order chi connectivity index (χ1) is 8.19. The monoisotopic (exact) mass is 242 g/mol. The second kappa shape index (κ2) is 11.0. The summed E-state index contributed by atoms with van der Waals surface area (Å²) in [4.78, 5) is 5.14. The van der Waals surface area contributed by atoms with E-state index < -0.39 is 0 Å². The molecule has 0 bridgehead atoms. The van der Waals surface area contributed by atoms with Crippen LogP contribution in [0.1, 0.15) is 59.8 Å². The smallest absolute Gasteiger partial charge is 0.0113 e. The van der Waals surface area contributed by atoms with E-state index in [0.29, 0.717) is 0 Å². The lowest BCUT2D eigenvalue weighted by atomic mass is 10.0. The summed E-state index contributed by atoms with van der Waals surface area (Å²) in [6.07, 6.45) is 6.68. The molecule has 1 aliphatic heterocycles. The van der Waals surface area contributed by atoms with Gasteiger partial charge in [-0.15, -0.1) is 0 Å². The van der Waals surface area contributed by atoms with Gasteiger partial charge in [0.2, 0.25) is 0 Å². The van der Waals surface area contributed by atoms with Crippen molar-refractivity contribution in [2.45, 2.75) is 65.8 Å². The van der Waals surface area contributed by atoms with E-state index in [4.69, 9.17) is 0 Å². The van der Waals surface area contributed by atoms with Crippen LogP contribution >= 0.6 is 0 Å². The van der Waals surface area contributed by atoms with E-state index in [9.17, 15) is 0 Å². The van der Waals surface area contributed by atoms with Crippen molar-refractivity contribution < 1.29 is 0 Å². The molecule has 0 unspecified atom stereocenters. The van der Waals surface area contributed by atoms with E-state index >= 15 is 0 Å². The maximum absolute atomic E-state index is 2.70. The minimum absolute atomic E-state index is 0.860. The van der Waals surface area contributed by atoms with Gasteiger partial charge in [-0.05, 0) is 19.9 Å². The molecule has 1 saturated heterocycles. The first-order valence-corrected chi connectivity index (χ1v) is 7.62. The van der Waals surface area contributed by atoms with Gasteiger partial charge < -0.3 is 4.90 Å². The summed E-state index contributed by atoms with van der Waals surface area (Å²) in [6, 6.07) is 0.860. The van der Waals surface area contributed by atoms with Crippen molar-refractivity contribution in [1.82, 2.24) is 9.80 Å². The molecule has 0 radical (unpaired) electrons. The van der Waals surface area contributed by atoms with Crippen LogP contribution in [0.25, 0.3) is 0 Å². The number of nitrogens with zero attached hydrogens (tertiary/aromatic N) is 2. The van der Waals surface area contributed by atoms with Gasteiger partial charge in [0, 0.05) is 32.2 Å². The summed E-state index contributed by atoms with van der Waals surface area (Å²) in [6.45, 7) is 13.9. The molecule has 1 aliphatic rings. The zero-order chi connectivity index (χ0) is 13.1. The molecular formula is C15H34N2. The van der Waals surface area contributed by atoms with E-state index in [1.807, 2.05) is 0 Å². The van der Waals surface area contributed by atoms with Gasteiger partial charge in [-0.3, -0.25) is 4.90 Å². The second-order valence-electron chi connectivity index (χ2n) is 5.28. The van der Waals surface area contributed by atoms with Crippen LogP contribution in [0.5, 0.6) is 0 Å². The van der Waals surface area contributed by atoms with Crippen molar-refractivity contribution in [3.05, 3.63) is 0 Å². The number of piperazine rings is 1. The highest BCUT2D eigenvalue weighted by Gasteiger charge is 2.20. The number of hydrogen-bond donors (Lipinski definition) is 0. The Morgan fingerprint density at radius 2 is 1.24 bits per heavy atom. The summed E-state index contributed by atoms with van der Waals surface area (Å²) in [5.41, 5.74) is 0. The minimum Gasteiger partial charge on any atom is -0.304 e. The van der Waals surface area contributed by atoms with Crippen molar-refractivity contribution in [3.8, 4) is 0 Å². The van der Waals surface area contributed by atoms with Crippen molar-refractivity contribution in [1.29, 1.82) is 0 Å². The summed E-state index contributed by atoms with van der Waals surface area (Å²) >= 11 is 0. The van der Waals surface area contributed by atoms with Crippen LogP contribution < -0.4 is 0 Å². The molecule has 0 saturated carbocycles. The Hall–Kier alpha value is -0.0800. The van der Waals surface area contributed by atoms with E-state index in [-0.39, 0.29) is 0 Å².